The summed E-state index contributed by atoms with van der Waals surface area (Å²) in [5.74, 6) is -0.252. The van der Waals surface area contributed by atoms with Crippen molar-refractivity contribution in [2.24, 2.45) is 0 Å². The third kappa shape index (κ3) is 1.64. The summed E-state index contributed by atoms with van der Waals surface area (Å²) < 4.78 is 12.9. The van der Waals surface area contributed by atoms with Crippen molar-refractivity contribution in [3.05, 3.63) is 54.0 Å². The van der Waals surface area contributed by atoms with Crippen molar-refractivity contribution in [3.8, 4) is 11.3 Å². The van der Waals surface area contributed by atoms with E-state index in [1.807, 2.05) is 31.2 Å². The summed E-state index contributed by atoms with van der Waals surface area (Å²) in [6, 6.07) is 10.6. The summed E-state index contributed by atoms with van der Waals surface area (Å²) in [7, 11) is 0. The lowest BCUT2D eigenvalue weighted by molar-refractivity contribution is 0.626. The Morgan fingerprint density at radius 1 is 1.14 bits per heavy atom. The normalized spacial score (nSPS) is 10.1. The Morgan fingerprint density at radius 2 is 1.93 bits per heavy atom. The van der Waals surface area contributed by atoms with Crippen molar-refractivity contribution >= 4 is 0 Å². The molecule has 1 aromatic heterocycles. The molecule has 0 saturated heterocycles. The molecule has 14 heavy (non-hydrogen) atoms. The van der Waals surface area contributed by atoms with Crippen molar-refractivity contribution in [3.63, 3.8) is 0 Å². The maximum Gasteiger partial charge on any atom is 0.126 e. The van der Waals surface area contributed by atoms with Gasteiger partial charge in [0.25, 0.3) is 0 Å². The molecule has 0 aliphatic rings. The molecule has 0 N–H and O–H groups in total. The second-order valence-corrected chi connectivity index (χ2v) is 3.17. The van der Waals surface area contributed by atoms with E-state index in [9.17, 15) is 4.39 Å². The molecule has 0 bridgehead atoms. The molecule has 1 heterocycles. The highest BCUT2D eigenvalue weighted by Gasteiger charge is 2.02. The fraction of sp³-hybridized carbons (Fsp3) is 0.0833. The second-order valence-electron chi connectivity index (χ2n) is 3.17. The van der Waals surface area contributed by atoms with Crippen LogP contribution >= 0.6 is 0 Å². The first-order valence-electron chi connectivity index (χ1n) is 4.45. The molecule has 0 spiro atoms. The summed E-state index contributed by atoms with van der Waals surface area (Å²) in [5.41, 5.74) is 2.76. The lowest BCUT2D eigenvalue weighted by Crippen LogP contribution is -1.87. The number of hydrogen-bond acceptors (Lipinski definition) is 1. The maximum atomic E-state index is 12.9. The van der Waals surface area contributed by atoms with Gasteiger partial charge in [0.1, 0.15) is 5.82 Å². The number of aryl methyl sites for hydroxylation is 1. The van der Waals surface area contributed by atoms with E-state index in [4.69, 9.17) is 0 Å². The number of pyridine rings is 1. The zero-order valence-electron chi connectivity index (χ0n) is 7.87. The molecule has 2 heteroatoms. The predicted octanol–water partition coefficient (Wildman–Crippen LogP) is 3.20. The van der Waals surface area contributed by atoms with Crippen molar-refractivity contribution in [2.45, 2.75) is 6.92 Å². The standard InChI is InChI=1S/C12H10FN/c1-9-4-2-3-5-11(9)12-8-10(13)6-7-14-12/h2-8H,1H3. The van der Waals surface area contributed by atoms with Gasteiger partial charge < -0.3 is 0 Å². The molecule has 1 nitrogen and oxygen atoms in total. The number of rotatable bonds is 1. The van der Waals surface area contributed by atoms with Gasteiger partial charge in [-0.3, -0.25) is 4.98 Å². The molecule has 0 radical (unpaired) electrons. The summed E-state index contributed by atoms with van der Waals surface area (Å²) in [5, 5.41) is 0. The molecule has 0 aliphatic heterocycles. The maximum absolute atomic E-state index is 12.9. The quantitative estimate of drug-likeness (QED) is 0.668. The molecule has 1 aromatic carbocycles. The topological polar surface area (TPSA) is 12.9 Å². The Labute approximate surface area is 82.2 Å². The highest BCUT2D eigenvalue weighted by atomic mass is 19.1. The van der Waals surface area contributed by atoms with E-state index in [2.05, 4.69) is 4.98 Å². The summed E-state index contributed by atoms with van der Waals surface area (Å²) >= 11 is 0. The smallest absolute Gasteiger partial charge is 0.126 e. The molecule has 0 amide bonds. The van der Waals surface area contributed by atoms with E-state index in [1.54, 1.807) is 0 Å². The molecule has 0 fully saturated rings. The Morgan fingerprint density at radius 3 is 2.64 bits per heavy atom. The Bertz CT molecular complexity index is 452. The summed E-state index contributed by atoms with van der Waals surface area (Å²) in [6.07, 6.45) is 1.48. The van der Waals surface area contributed by atoms with E-state index in [-0.39, 0.29) is 5.82 Å². The van der Waals surface area contributed by atoms with Gasteiger partial charge >= 0.3 is 0 Å². The van der Waals surface area contributed by atoms with Gasteiger partial charge in [0.15, 0.2) is 0 Å². The lowest BCUT2D eigenvalue weighted by atomic mass is 10.1. The van der Waals surface area contributed by atoms with Crippen LogP contribution in [-0.4, -0.2) is 4.98 Å². The largest absolute Gasteiger partial charge is 0.256 e. The van der Waals surface area contributed by atoms with Crippen molar-refractivity contribution in [1.82, 2.24) is 4.98 Å². The number of nitrogens with zero attached hydrogens (tertiary/aromatic N) is 1. The highest BCUT2D eigenvalue weighted by molar-refractivity contribution is 5.62. The molecule has 0 aliphatic carbocycles. The van der Waals surface area contributed by atoms with Gasteiger partial charge in [-0.25, -0.2) is 4.39 Å². The zero-order chi connectivity index (χ0) is 9.97. The average molecular weight is 187 g/mol. The minimum Gasteiger partial charge on any atom is -0.256 e. The first-order valence-corrected chi connectivity index (χ1v) is 4.45. The molecule has 0 saturated carbocycles. The third-order valence-corrected chi connectivity index (χ3v) is 2.14. The first-order chi connectivity index (χ1) is 6.77. The SMILES string of the molecule is Cc1ccccc1-c1cc(F)ccn1. The van der Waals surface area contributed by atoms with Crippen LogP contribution in [0.4, 0.5) is 4.39 Å². The fourth-order valence-corrected chi connectivity index (χ4v) is 1.41. The molecule has 70 valence electrons. The number of aromatic nitrogens is 1. The van der Waals surface area contributed by atoms with Crippen molar-refractivity contribution < 1.29 is 4.39 Å². The lowest BCUT2D eigenvalue weighted by Gasteiger charge is -2.03. The third-order valence-electron chi connectivity index (χ3n) is 2.14. The van der Waals surface area contributed by atoms with Gasteiger partial charge in [-0.05, 0) is 18.6 Å². The molecule has 0 atom stereocenters. The van der Waals surface area contributed by atoms with E-state index in [0.29, 0.717) is 5.69 Å². The predicted molar refractivity (Wildman–Crippen MR) is 54.4 cm³/mol. The number of benzene rings is 1. The minimum atomic E-state index is -0.252. The molecule has 2 rings (SSSR count). The van der Waals surface area contributed by atoms with Crippen molar-refractivity contribution in [2.75, 3.05) is 0 Å². The average Bonchev–Trinajstić information content (AvgIpc) is 2.18. The molecule has 2 aromatic rings. The van der Waals surface area contributed by atoms with Crippen LogP contribution in [0.15, 0.2) is 42.6 Å². The van der Waals surface area contributed by atoms with E-state index < -0.39 is 0 Å². The van der Waals surface area contributed by atoms with Gasteiger partial charge in [-0.15, -0.1) is 0 Å². The number of halogens is 1. The van der Waals surface area contributed by atoms with Crippen LogP contribution in [0.25, 0.3) is 11.3 Å². The molecular weight excluding hydrogens is 177 g/mol. The monoisotopic (exact) mass is 187 g/mol. The summed E-state index contributed by atoms with van der Waals surface area (Å²) in [6.45, 7) is 1.99. The van der Waals surface area contributed by atoms with Crippen molar-refractivity contribution in [1.29, 1.82) is 0 Å². The fourth-order valence-electron chi connectivity index (χ4n) is 1.41. The van der Waals surface area contributed by atoms with Crippen LogP contribution in [0, 0.1) is 12.7 Å². The zero-order valence-corrected chi connectivity index (χ0v) is 7.87. The van der Waals surface area contributed by atoms with E-state index >= 15 is 0 Å². The van der Waals surface area contributed by atoms with E-state index in [0.717, 1.165) is 11.1 Å². The minimum absolute atomic E-state index is 0.252. The van der Waals surface area contributed by atoms with Crippen LogP contribution in [0.5, 0.6) is 0 Å². The van der Waals surface area contributed by atoms with Crippen LogP contribution in [0.1, 0.15) is 5.56 Å². The van der Waals surface area contributed by atoms with Crippen LogP contribution in [-0.2, 0) is 0 Å². The van der Waals surface area contributed by atoms with Gasteiger partial charge in [-0.1, -0.05) is 24.3 Å². The highest BCUT2D eigenvalue weighted by Crippen LogP contribution is 2.20. The molecule has 0 unspecified atom stereocenters. The Hall–Kier alpha value is -1.70. The second kappa shape index (κ2) is 3.58. The van der Waals surface area contributed by atoms with E-state index in [1.165, 1.54) is 18.3 Å². The van der Waals surface area contributed by atoms with Gasteiger partial charge in [0.2, 0.25) is 0 Å². The Balaban J connectivity index is 2.55. The van der Waals surface area contributed by atoms with Crippen LogP contribution < -0.4 is 0 Å². The van der Waals surface area contributed by atoms with Gasteiger partial charge in [0, 0.05) is 17.8 Å². The molecular formula is C12H10FN. The van der Waals surface area contributed by atoms with Crippen LogP contribution in [0.2, 0.25) is 0 Å². The van der Waals surface area contributed by atoms with Gasteiger partial charge in [-0.2, -0.15) is 0 Å². The summed E-state index contributed by atoms with van der Waals surface area (Å²) in [4.78, 5) is 4.13. The first kappa shape index (κ1) is 8.88. The Kier molecular flexibility index (Phi) is 2.27. The van der Waals surface area contributed by atoms with Gasteiger partial charge in [0.05, 0.1) is 5.69 Å². The number of hydrogen-bond donors (Lipinski definition) is 0. The van der Waals surface area contributed by atoms with Crippen LogP contribution in [0.3, 0.4) is 0 Å².